The van der Waals surface area contributed by atoms with Crippen LogP contribution in [-0.2, 0) is 6.18 Å². The first-order valence-electron chi connectivity index (χ1n) is 8.20. The van der Waals surface area contributed by atoms with Gasteiger partial charge in [-0.1, -0.05) is 0 Å². The second kappa shape index (κ2) is 6.57. The summed E-state index contributed by atoms with van der Waals surface area (Å²) in [6, 6.07) is 2.47. The summed E-state index contributed by atoms with van der Waals surface area (Å²) in [7, 11) is 0. The molecule has 0 spiro atoms. The Morgan fingerprint density at radius 1 is 1.36 bits per heavy atom. The molecule has 136 valence electrons. The number of aryl methyl sites for hydroxylation is 1. The van der Waals surface area contributed by atoms with Crippen molar-refractivity contribution in [2.45, 2.75) is 38.9 Å². The predicted octanol–water partition coefficient (Wildman–Crippen LogP) is 3.82. The zero-order chi connectivity index (χ0) is 18.4. The van der Waals surface area contributed by atoms with E-state index in [1.54, 1.807) is 11.8 Å². The first-order valence-corrected chi connectivity index (χ1v) is 9.02. The third-order valence-electron chi connectivity index (χ3n) is 4.86. The zero-order valence-electron chi connectivity index (χ0n) is 14.1. The van der Waals surface area contributed by atoms with Gasteiger partial charge in [0.2, 0.25) is 0 Å². The topological polar surface area (TPSA) is 59.2 Å². The Kier molecular flexibility index (Phi) is 4.76. The number of aromatic nitrogens is 1. The standard InChI is InChI=1S/C17H20F3N3OS/c1-9-12-3-4-13(17(18,19)20)22-15(12)25-14(9)16(24)23-7-5-11(6-8-23)10(2)21/h3-4,10-11H,5-8,21H2,1-2H3. The number of piperidine rings is 1. The lowest BCUT2D eigenvalue weighted by Crippen LogP contribution is -2.42. The molecule has 1 amide bonds. The molecule has 0 saturated carbocycles. The van der Waals surface area contributed by atoms with E-state index in [-0.39, 0.29) is 16.8 Å². The molecule has 0 bridgehead atoms. The number of nitrogens with zero attached hydrogens (tertiary/aromatic N) is 2. The number of likely N-dealkylation sites (tertiary alicyclic amines) is 1. The average Bonchev–Trinajstić information content (AvgIpc) is 2.90. The smallest absolute Gasteiger partial charge is 0.338 e. The molecular weight excluding hydrogens is 351 g/mol. The van der Waals surface area contributed by atoms with Crippen LogP contribution in [0.1, 0.15) is 40.7 Å². The van der Waals surface area contributed by atoms with Gasteiger partial charge >= 0.3 is 6.18 Å². The Balaban J connectivity index is 1.86. The summed E-state index contributed by atoms with van der Waals surface area (Å²) in [6.45, 7) is 4.98. The van der Waals surface area contributed by atoms with Crippen molar-refractivity contribution in [3.63, 3.8) is 0 Å². The molecule has 1 fully saturated rings. The first kappa shape index (κ1) is 18.1. The number of hydrogen-bond acceptors (Lipinski definition) is 4. The fraction of sp³-hybridized carbons (Fsp3) is 0.529. The van der Waals surface area contributed by atoms with E-state index in [0.29, 0.717) is 34.8 Å². The van der Waals surface area contributed by atoms with Crippen LogP contribution in [-0.4, -0.2) is 34.9 Å². The minimum atomic E-state index is -4.49. The Hall–Kier alpha value is -1.67. The molecule has 1 saturated heterocycles. The molecule has 0 aromatic carbocycles. The van der Waals surface area contributed by atoms with E-state index in [1.807, 2.05) is 6.92 Å². The van der Waals surface area contributed by atoms with Crippen molar-refractivity contribution in [2.75, 3.05) is 13.1 Å². The zero-order valence-corrected chi connectivity index (χ0v) is 14.9. The number of carbonyl (C=O) groups is 1. The highest BCUT2D eigenvalue weighted by atomic mass is 32.1. The van der Waals surface area contributed by atoms with Crippen molar-refractivity contribution in [3.8, 4) is 0 Å². The number of fused-ring (bicyclic) bond motifs is 1. The van der Waals surface area contributed by atoms with Gasteiger partial charge in [0.15, 0.2) is 0 Å². The molecule has 0 aliphatic carbocycles. The van der Waals surface area contributed by atoms with Gasteiger partial charge in [-0.3, -0.25) is 4.79 Å². The van der Waals surface area contributed by atoms with Gasteiger partial charge in [0, 0.05) is 24.5 Å². The van der Waals surface area contributed by atoms with Gasteiger partial charge < -0.3 is 10.6 Å². The maximum Gasteiger partial charge on any atom is 0.433 e. The minimum absolute atomic E-state index is 0.105. The van der Waals surface area contributed by atoms with Gasteiger partial charge in [0.05, 0.1) is 4.88 Å². The van der Waals surface area contributed by atoms with Crippen LogP contribution in [0.15, 0.2) is 12.1 Å². The number of pyridine rings is 1. The largest absolute Gasteiger partial charge is 0.433 e. The molecule has 3 heterocycles. The summed E-state index contributed by atoms with van der Waals surface area (Å²) in [5, 5.41) is 0.604. The van der Waals surface area contributed by atoms with Gasteiger partial charge in [0.25, 0.3) is 5.91 Å². The van der Waals surface area contributed by atoms with E-state index < -0.39 is 11.9 Å². The van der Waals surface area contributed by atoms with Crippen LogP contribution in [0.2, 0.25) is 0 Å². The van der Waals surface area contributed by atoms with E-state index in [0.717, 1.165) is 30.2 Å². The number of hydrogen-bond donors (Lipinski definition) is 1. The molecule has 1 unspecified atom stereocenters. The number of carbonyl (C=O) groups excluding carboxylic acids is 1. The molecule has 1 aliphatic rings. The lowest BCUT2D eigenvalue weighted by Gasteiger charge is -2.33. The second-order valence-electron chi connectivity index (χ2n) is 6.59. The Morgan fingerprint density at radius 3 is 2.56 bits per heavy atom. The Bertz CT molecular complexity index is 792. The maximum absolute atomic E-state index is 12.8. The van der Waals surface area contributed by atoms with E-state index >= 15 is 0 Å². The minimum Gasteiger partial charge on any atom is -0.338 e. The summed E-state index contributed by atoms with van der Waals surface area (Å²) in [5.41, 5.74) is 5.69. The molecule has 8 heteroatoms. The lowest BCUT2D eigenvalue weighted by atomic mass is 9.91. The van der Waals surface area contributed by atoms with Crippen LogP contribution in [0.5, 0.6) is 0 Å². The second-order valence-corrected chi connectivity index (χ2v) is 7.59. The molecule has 2 aromatic heterocycles. The SMILES string of the molecule is Cc1c(C(=O)N2CCC(C(C)N)CC2)sc2nc(C(F)(F)F)ccc12. The molecule has 1 aliphatic heterocycles. The van der Waals surface area contributed by atoms with Crippen molar-refractivity contribution < 1.29 is 18.0 Å². The average molecular weight is 371 g/mol. The quantitative estimate of drug-likeness (QED) is 0.873. The van der Waals surface area contributed by atoms with Crippen LogP contribution >= 0.6 is 11.3 Å². The van der Waals surface area contributed by atoms with Crippen LogP contribution in [0, 0.1) is 12.8 Å². The van der Waals surface area contributed by atoms with Gasteiger partial charge in [-0.05, 0) is 50.3 Å². The van der Waals surface area contributed by atoms with Gasteiger partial charge in [-0.25, -0.2) is 4.98 Å². The number of alkyl halides is 3. The van der Waals surface area contributed by atoms with E-state index in [4.69, 9.17) is 5.73 Å². The van der Waals surface area contributed by atoms with Crippen LogP contribution < -0.4 is 5.73 Å². The summed E-state index contributed by atoms with van der Waals surface area (Å²) in [4.78, 5) is 19.0. The monoisotopic (exact) mass is 371 g/mol. The summed E-state index contributed by atoms with van der Waals surface area (Å²) in [6.07, 6.45) is -2.79. The molecule has 3 rings (SSSR count). The van der Waals surface area contributed by atoms with Crippen molar-refractivity contribution in [3.05, 3.63) is 28.3 Å². The molecule has 4 nitrogen and oxygen atoms in total. The summed E-state index contributed by atoms with van der Waals surface area (Å²) < 4.78 is 38.5. The first-order chi connectivity index (χ1) is 11.7. The molecule has 25 heavy (non-hydrogen) atoms. The van der Waals surface area contributed by atoms with Crippen LogP contribution in [0.25, 0.3) is 10.2 Å². The highest BCUT2D eigenvalue weighted by Crippen LogP contribution is 2.35. The highest BCUT2D eigenvalue weighted by molar-refractivity contribution is 7.20. The van der Waals surface area contributed by atoms with Crippen LogP contribution in [0.3, 0.4) is 0 Å². The van der Waals surface area contributed by atoms with E-state index in [9.17, 15) is 18.0 Å². The van der Waals surface area contributed by atoms with Crippen molar-refractivity contribution in [1.29, 1.82) is 0 Å². The molecule has 2 aromatic rings. The Labute approximate surface area is 147 Å². The van der Waals surface area contributed by atoms with Crippen molar-refractivity contribution >= 4 is 27.5 Å². The normalized spacial score (nSPS) is 17.9. The van der Waals surface area contributed by atoms with Crippen molar-refractivity contribution in [2.24, 2.45) is 11.7 Å². The summed E-state index contributed by atoms with van der Waals surface area (Å²) in [5.74, 6) is 0.278. The maximum atomic E-state index is 12.8. The number of nitrogens with two attached hydrogens (primary N) is 1. The third kappa shape index (κ3) is 3.50. The lowest BCUT2D eigenvalue weighted by molar-refractivity contribution is -0.140. The molecular formula is C17H20F3N3OS. The molecule has 2 N–H and O–H groups in total. The number of rotatable bonds is 2. The fourth-order valence-corrected chi connectivity index (χ4v) is 4.38. The predicted molar refractivity (Wildman–Crippen MR) is 91.6 cm³/mol. The Morgan fingerprint density at radius 2 is 2.00 bits per heavy atom. The van der Waals surface area contributed by atoms with Gasteiger partial charge in [0.1, 0.15) is 10.5 Å². The molecule has 1 atom stereocenters. The van der Waals surface area contributed by atoms with Crippen LogP contribution in [0.4, 0.5) is 13.2 Å². The number of amides is 1. The highest BCUT2D eigenvalue weighted by Gasteiger charge is 2.33. The third-order valence-corrected chi connectivity index (χ3v) is 6.05. The fourth-order valence-electron chi connectivity index (χ4n) is 3.23. The molecule has 0 radical (unpaired) electrons. The van der Waals surface area contributed by atoms with E-state index in [2.05, 4.69) is 4.98 Å². The summed E-state index contributed by atoms with van der Waals surface area (Å²) >= 11 is 1.04. The number of halogens is 3. The number of thiophene rings is 1. The van der Waals surface area contributed by atoms with Gasteiger partial charge in [-0.15, -0.1) is 11.3 Å². The van der Waals surface area contributed by atoms with Crippen molar-refractivity contribution in [1.82, 2.24) is 9.88 Å². The van der Waals surface area contributed by atoms with E-state index in [1.165, 1.54) is 6.07 Å². The van der Waals surface area contributed by atoms with Gasteiger partial charge in [-0.2, -0.15) is 13.2 Å².